The summed E-state index contributed by atoms with van der Waals surface area (Å²) in [4.78, 5) is 37.7. The average Bonchev–Trinajstić information content (AvgIpc) is 3.06. The summed E-state index contributed by atoms with van der Waals surface area (Å²) in [5.41, 5.74) is 1.27. The van der Waals surface area contributed by atoms with Crippen LogP contribution < -0.4 is 4.90 Å². The number of nitrogens with zero attached hydrogens (tertiary/aromatic N) is 2. The Balaban J connectivity index is 1.94. The maximum atomic E-state index is 13.1. The molecule has 1 aliphatic heterocycles. The zero-order valence-electron chi connectivity index (χ0n) is 16.9. The number of phenols is 1. The minimum Gasteiger partial charge on any atom is -0.507 e. The first kappa shape index (κ1) is 20.8. The molecule has 1 heterocycles. The minimum atomic E-state index is -1.00. The molecule has 2 N–H and O–H groups in total. The summed E-state index contributed by atoms with van der Waals surface area (Å²) in [6.07, 6.45) is 0. The molecule has 0 saturated carbocycles. The minimum absolute atomic E-state index is 0.142. The maximum absolute atomic E-state index is 13.1. The summed E-state index contributed by atoms with van der Waals surface area (Å²) in [5, 5.41) is 32.4. The third kappa shape index (κ3) is 3.47. The van der Waals surface area contributed by atoms with Crippen molar-refractivity contribution in [2.75, 3.05) is 4.90 Å². The number of carbonyl (C=O) groups excluding carboxylic acids is 2. The number of non-ortho nitro benzene ring substituents is 1. The third-order valence-electron chi connectivity index (χ3n) is 5.30. The highest BCUT2D eigenvalue weighted by molar-refractivity contribution is 6.51. The molecule has 8 heteroatoms. The highest BCUT2D eigenvalue weighted by atomic mass is 16.6. The van der Waals surface area contributed by atoms with Crippen molar-refractivity contribution in [2.24, 2.45) is 0 Å². The fourth-order valence-corrected chi connectivity index (χ4v) is 3.75. The van der Waals surface area contributed by atoms with Crippen LogP contribution in [0.15, 0.2) is 78.4 Å². The van der Waals surface area contributed by atoms with Crippen molar-refractivity contribution in [1.82, 2.24) is 0 Å². The molecule has 0 radical (unpaired) electrons. The van der Waals surface area contributed by atoms with Crippen LogP contribution in [0.4, 0.5) is 11.4 Å². The van der Waals surface area contributed by atoms with Gasteiger partial charge in [-0.15, -0.1) is 0 Å². The second-order valence-corrected chi connectivity index (χ2v) is 7.38. The molecule has 0 aromatic heterocycles. The van der Waals surface area contributed by atoms with E-state index < -0.39 is 28.4 Å². The summed E-state index contributed by atoms with van der Waals surface area (Å²) in [7, 11) is 0. The van der Waals surface area contributed by atoms with Crippen molar-refractivity contribution in [1.29, 1.82) is 0 Å². The van der Waals surface area contributed by atoms with E-state index in [0.717, 1.165) is 10.5 Å². The van der Waals surface area contributed by atoms with Crippen molar-refractivity contribution in [3.05, 3.63) is 105 Å². The number of nitro groups is 1. The number of phenolic OH excluding ortho intramolecular Hbond substituents is 1. The molecule has 3 aromatic carbocycles. The van der Waals surface area contributed by atoms with Gasteiger partial charge < -0.3 is 10.2 Å². The Hall–Kier alpha value is -4.46. The molecule has 1 unspecified atom stereocenters. The number of nitro benzene ring substituents is 1. The average molecular weight is 430 g/mol. The van der Waals surface area contributed by atoms with Gasteiger partial charge in [-0.05, 0) is 42.3 Å². The van der Waals surface area contributed by atoms with Gasteiger partial charge in [0.2, 0.25) is 0 Å². The molecule has 0 aliphatic carbocycles. The molecule has 1 amide bonds. The van der Waals surface area contributed by atoms with Crippen molar-refractivity contribution in [3.8, 4) is 5.75 Å². The first-order chi connectivity index (χ1) is 15.3. The zero-order chi connectivity index (χ0) is 23.0. The van der Waals surface area contributed by atoms with Gasteiger partial charge in [0.05, 0.1) is 22.2 Å². The van der Waals surface area contributed by atoms with Crippen LogP contribution >= 0.6 is 0 Å². The normalized spacial score (nSPS) is 17.5. The lowest BCUT2D eigenvalue weighted by molar-refractivity contribution is -0.384. The number of aliphatic hydroxyl groups excluding tert-OH is 1. The first-order valence-corrected chi connectivity index (χ1v) is 9.70. The summed E-state index contributed by atoms with van der Waals surface area (Å²) in [6.45, 7) is 1.79. The summed E-state index contributed by atoms with van der Waals surface area (Å²) in [5.74, 6) is -2.46. The second-order valence-electron chi connectivity index (χ2n) is 7.38. The standard InChI is InChI=1S/C24H18N2O6/c1-14-7-12-19(27)18(13-14)25-21(15-5-3-2-4-6-15)20(23(29)24(25)30)22(28)16-8-10-17(11-9-16)26(31)32/h2-13,21,27-28H,1H3/b22-20-. The molecule has 0 spiro atoms. The van der Waals surface area contributed by atoms with E-state index in [9.17, 15) is 29.9 Å². The number of rotatable bonds is 4. The van der Waals surface area contributed by atoms with Gasteiger partial charge >= 0.3 is 0 Å². The topological polar surface area (TPSA) is 121 Å². The molecule has 160 valence electrons. The van der Waals surface area contributed by atoms with Crippen molar-refractivity contribution in [2.45, 2.75) is 13.0 Å². The molecular weight excluding hydrogens is 412 g/mol. The SMILES string of the molecule is Cc1ccc(O)c(N2C(=O)C(=O)/C(=C(\O)c3ccc([N+](=O)[O-])cc3)C2c2ccccc2)c1. The number of Topliss-reactive ketones (excluding diaryl/α,β-unsaturated/α-hetero) is 1. The van der Waals surface area contributed by atoms with Crippen LogP contribution in [0, 0.1) is 17.0 Å². The van der Waals surface area contributed by atoms with Crippen LogP contribution in [0.1, 0.15) is 22.7 Å². The smallest absolute Gasteiger partial charge is 0.300 e. The van der Waals surface area contributed by atoms with E-state index in [1.165, 1.54) is 30.3 Å². The molecule has 4 rings (SSSR count). The van der Waals surface area contributed by atoms with Gasteiger partial charge in [0, 0.05) is 17.7 Å². The molecule has 1 aliphatic rings. The highest BCUT2D eigenvalue weighted by Gasteiger charge is 2.47. The fraction of sp³-hybridized carbons (Fsp3) is 0.0833. The van der Waals surface area contributed by atoms with Gasteiger partial charge in [0.1, 0.15) is 11.5 Å². The predicted octanol–water partition coefficient (Wildman–Crippen LogP) is 4.24. The zero-order valence-corrected chi connectivity index (χ0v) is 16.9. The second kappa shape index (κ2) is 7.99. The largest absolute Gasteiger partial charge is 0.507 e. The lowest BCUT2D eigenvalue weighted by Crippen LogP contribution is -2.29. The van der Waals surface area contributed by atoms with E-state index in [4.69, 9.17) is 0 Å². The van der Waals surface area contributed by atoms with Crippen molar-refractivity contribution >= 4 is 28.8 Å². The highest BCUT2D eigenvalue weighted by Crippen LogP contribution is 2.44. The lowest BCUT2D eigenvalue weighted by Gasteiger charge is -2.26. The van der Waals surface area contributed by atoms with Crippen molar-refractivity contribution in [3.63, 3.8) is 0 Å². The van der Waals surface area contributed by atoms with Crippen LogP contribution in [0.25, 0.3) is 5.76 Å². The Kier molecular flexibility index (Phi) is 5.19. The van der Waals surface area contributed by atoms with Crippen LogP contribution in [0.5, 0.6) is 5.75 Å². The van der Waals surface area contributed by atoms with E-state index in [1.807, 2.05) is 0 Å². The van der Waals surface area contributed by atoms with Gasteiger partial charge in [-0.1, -0.05) is 36.4 Å². The molecular formula is C24H18N2O6. The Morgan fingerprint density at radius 3 is 2.28 bits per heavy atom. The van der Waals surface area contributed by atoms with E-state index >= 15 is 0 Å². The Labute approximate surface area is 182 Å². The molecule has 0 bridgehead atoms. The van der Waals surface area contributed by atoms with E-state index in [-0.39, 0.29) is 28.3 Å². The van der Waals surface area contributed by atoms with Gasteiger partial charge in [0.25, 0.3) is 17.4 Å². The van der Waals surface area contributed by atoms with Crippen LogP contribution in [-0.4, -0.2) is 26.8 Å². The maximum Gasteiger partial charge on any atom is 0.300 e. The predicted molar refractivity (Wildman–Crippen MR) is 117 cm³/mol. The third-order valence-corrected chi connectivity index (χ3v) is 5.30. The molecule has 32 heavy (non-hydrogen) atoms. The lowest BCUT2D eigenvalue weighted by atomic mass is 9.95. The number of carbonyl (C=O) groups is 2. The van der Waals surface area contributed by atoms with Gasteiger partial charge in [-0.25, -0.2) is 0 Å². The first-order valence-electron chi connectivity index (χ1n) is 9.70. The molecule has 3 aromatic rings. The van der Waals surface area contributed by atoms with Gasteiger partial charge in [0.15, 0.2) is 0 Å². The summed E-state index contributed by atoms with van der Waals surface area (Å²) >= 11 is 0. The van der Waals surface area contributed by atoms with E-state index in [2.05, 4.69) is 0 Å². The fourth-order valence-electron chi connectivity index (χ4n) is 3.75. The van der Waals surface area contributed by atoms with Crippen molar-refractivity contribution < 1.29 is 24.7 Å². The number of aliphatic hydroxyl groups is 1. The number of aromatic hydroxyl groups is 1. The number of benzene rings is 3. The number of amides is 1. The summed E-state index contributed by atoms with van der Waals surface area (Å²) < 4.78 is 0. The van der Waals surface area contributed by atoms with Crippen LogP contribution in [0.2, 0.25) is 0 Å². The quantitative estimate of drug-likeness (QED) is 0.210. The van der Waals surface area contributed by atoms with E-state index in [1.54, 1.807) is 49.4 Å². The van der Waals surface area contributed by atoms with Crippen LogP contribution in [-0.2, 0) is 9.59 Å². The number of hydrogen-bond acceptors (Lipinski definition) is 6. The Morgan fingerprint density at radius 1 is 1.00 bits per heavy atom. The molecule has 1 saturated heterocycles. The number of ketones is 1. The Bertz CT molecular complexity index is 1270. The van der Waals surface area contributed by atoms with Gasteiger partial charge in [-0.2, -0.15) is 0 Å². The Morgan fingerprint density at radius 2 is 1.66 bits per heavy atom. The monoisotopic (exact) mass is 430 g/mol. The van der Waals surface area contributed by atoms with E-state index in [0.29, 0.717) is 5.56 Å². The molecule has 1 atom stereocenters. The summed E-state index contributed by atoms with van der Waals surface area (Å²) in [6, 6.07) is 17.4. The number of hydrogen-bond donors (Lipinski definition) is 2. The van der Waals surface area contributed by atoms with Gasteiger partial charge in [-0.3, -0.25) is 24.6 Å². The number of anilines is 1. The number of aryl methyl sites for hydroxylation is 1. The molecule has 1 fully saturated rings. The van der Waals surface area contributed by atoms with Crippen LogP contribution in [0.3, 0.4) is 0 Å². The molecule has 8 nitrogen and oxygen atoms in total.